The molecule has 0 fully saturated rings. The molecule has 0 saturated heterocycles. The van der Waals surface area contributed by atoms with Gasteiger partial charge in [-0.2, -0.15) is 4.98 Å². The summed E-state index contributed by atoms with van der Waals surface area (Å²) in [6, 6.07) is 10.3. The van der Waals surface area contributed by atoms with Crippen molar-refractivity contribution >= 4 is 41.3 Å². The topological polar surface area (TPSA) is 187 Å². The molecule has 2 heterocycles. The number of ether oxygens (including phenoxy) is 2. The summed E-state index contributed by atoms with van der Waals surface area (Å²) in [4.78, 5) is 63.5. The third-order valence-electron chi connectivity index (χ3n) is 4.26. The number of aromatic nitrogens is 2. The van der Waals surface area contributed by atoms with Gasteiger partial charge in [0.2, 0.25) is 0 Å². The van der Waals surface area contributed by atoms with E-state index in [4.69, 9.17) is 14.6 Å². The number of nitrogens with one attached hydrogen (secondary N) is 3. The van der Waals surface area contributed by atoms with Gasteiger partial charge in [0.25, 0.3) is 5.91 Å². The highest BCUT2D eigenvalue weighted by Crippen LogP contribution is 2.24. The number of rotatable bonds is 8. The lowest BCUT2D eigenvalue weighted by Crippen LogP contribution is -2.39. The molecule has 14 nitrogen and oxygen atoms in total. The van der Waals surface area contributed by atoms with E-state index in [0.29, 0.717) is 21.8 Å². The summed E-state index contributed by atoms with van der Waals surface area (Å²) >= 11 is 1.31. The summed E-state index contributed by atoms with van der Waals surface area (Å²) in [5, 5.41) is 15.5. The van der Waals surface area contributed by atoms with Crippen molar-refractivity contribution in [3.05, 3.63) is 58.9 Å². The Balaban J connectivity index is 1.65. The normalized spacial score (nSPS) is 11.6. The van der Waals surface area contributed by atoms with Crippen LogP contribution >= 0.6 is 11.3 Å². The Kier molecular flexibility index (Phi) is 9.13. The van der Waals surface area contributed by atoms with E-state index in [1.54, 1.807) is 68.6 Å². The van der Waals surface area contributed by atoms with Crippen molar-refractivity contribution in [1.82, 2.24) is 20.9 Å². The van der Waals surface area contributed by atoms with Crippen molar-refractivity contribution in [3.63, 3.8) is 0 Å². The summed E-state index contributed by atoms with van der Waals surface area (Å²) < 4.78 is 10.0. The van der Waals surface area contributed by atoms with E-state index < -0.39 is 36.0 Å². The van der Waals surface area contributed by atoms with E-state index in [1.165, 1.54) is 23.2 Å². The number of amides is 2. The smallest absolute Gasteiger partial charge is 0.448 e. The highest BCUT2D eigenvalue weighted by Gasteiger charge is 2.26. The Labute approximate surface area is 219 Å². The quantitative estimate of drug-likeness (QED) is 0.235. The average molecular weight is 546 g/mol. The third-order valence-corrected chi connectivity index (χ3v) is 5.20. The monoisotopic (exact) mass is 545 g/mol. The van der Waals surface area contributed by atoms with Crippen molar-refractivity contribution in [2.45, 2.75) is 32.4 Å². The van der Waals surface area contributed by atoms with Crippen LogP contribution in [-0.2, 0) is 19.2 Å². The number of carbonyl (C=O) groups excluding carboxylic acids is 3. The number of thiophene rings is 1. The van der Waals surface area contributed by atoms with Crippen LogP contribution < -0.4 is 21.0 Å². The maximum absolute atomic E-state index is 13.0. The van der Waals surface area contributed by atoms with Crippen molar-refractivity contribution in [2.24, 2.45) is 0 Å². The predicted octanol–water partition coefficient (Wildman–Crippen LogP) is 4.04. The molecule has 0 saturated carbocycles. The summed E-state index contributed by atoms with van der Waals surface area (Å²) in [5.41, 5.74) is 2.11. The fourth-order valence-corrected chi connectivity index (χ4v) is 3.60. The highest BCUT2D eigenvalue weighted by molar-refractivity contribution is 7.10. The van der Waals surface area contributed by atoms with Gasteiger partial charge in [-0.15, -0.1) is 11.3 Å². The molecule has 2 amide bonds. The van der Waals surface area contributed by atoms with Gasteiger partial charge >= 0.3 is 24.4 Å². The average Bonchev–Trinajstić information content (AvgIpc) is 3.36. The van der Waals surface area contributed by atoms with E-state index in [2.05, 4.69) is 30.3 Å². The van der Waals surface area contributed by atoms with Gasteiger partial charge in [0, 0.05) is 28.0 Å². The van der Waals surface area contributed by atoms with Crippen LogP contribution in [0.2, 0.25) is 0 Å². The first-order chi connectivity index (χ1) is 18.0. The molecular weight excluding hydrogens is 522 g/mol. The van der Waals surface area contributed by atoms with Crippen molar-refractivity contribution < 1.29 is 43.4 Å². The van der Waals surface area contributed by atoms with E-state index in [-0.39, 0.29) is 6.01 Å². The summed E-state index contributed by atoms with van der Waals surface area (Å²) in [6.07, 6.45) is -2.48. The zero-order valence-electron chi connectivity index (χ0n) is 20.3. The van der Waals surface area contributed by atoms with Gasteiger partial charge in [0.1, 0.15) is 11.6 Å². The molecule has 0 aliphatic carbocycles. The molecule has 3 aromatic rings. The Bertz CT molecular complexity index is 1280. The number of hydrogen-bond donors (Lipinski definition) is 4. The molecule has 0 unspecified atom stereocenters. The number of anilines is 1. The number of hydrogen-bond acceptors (Lipinski definition) is 12. The minimum atomic E-state index is -1.72. The summed E-state index contributed by atoms with van der Waals surface area (Å²) in [6.45, 7) is 5.17. The molecule has 1 atom stereocenters. The van der Waals surface area contributed by atoms with Crippen LogP contribution in [0, 0.1) is 0 Å². The molecule has 0 spiro atoms. The number of carboxylic acid groups (broad SMARTS) is 1. The maximum atomic E-state index is 13.0. The van der Waals surface area contributed by atoms with Crippen molar-refractivity contribution in [2.75, 3.05) is 5.32 Å². The van der Waals surface area contributed by atoms with E-state index in [9.17, 15) is 19.2 Å². The minimum absolute atomic E-state index is 0.367. The molecule has 15 heteroatoms. The first-order valence-electron chi connectivity index (χ1n) is 10.8. The lowest BCUT2D eigenvalue weighted by Gasteiger charge is -2.23. The first kappa shape index (κ1) is 27.8. The standard InChI is InChI=1S/C23H23N5O9S/c1-23(2,3)35-20(30)27-17(16-5-4-12-38-16)18(29)25-14-8-6-13(7-9-14)15-10-11-24-19(26-15)34-22(33)37-28-36-21(31)32/h4-12,17,28H,1-3H3,(H,25,29)(H,27,30)(H,31,32)/t17-/m1/s1. The van der Waals surface area contributed by atoms with Crippen LogP contribution in [-0.4, -0.2) is 45.0 Å². The zero-order valence-corrected chi connectivity index (χ0v) is 21.1. The first-order valence-corrected chi connectivity index (χ1v) is 11.7. The second-order valence-corrected chi connectivity index (χ2v) is 9.27. The molecule has 1 aromatic carbocycles. The number of benzene rings is 1. The van der Waals surface area contributed by atoms with Gasteiger partial charge < -0.3 is 34.9 Å². The van der Waals surface area contributed by atoms with Gasteiger partial charge in [-0.1, -0.05) is 18.2 Å². The fraction of sp³-hybridized carbons (Fsp3) is 0.217. The minimum Gasteiger partial charge on any atom is -0.448 e. The van der Waals surface area contributed by atoms with Crippen LogP contribution in [0.15, 0.2) is 54.0 Å². The van der Waals surface area contributed by atoms with E-state index in [0.717, 1.165) is 0 Å². The summed E-state index contributed by atoms with van der Waals surface area (Å²) in [5.74, 6) is -0.470. The SMILES string of the molecule is CC(C)(C)OC(=O)N[C@@H](C(=O)Nc1ccc(-c2ccnc(OC(=O)ONOC(=O)O)n2)cc1)c1cccs1. The second-order valence-electron chi connectivity index (χ2n) is 8.29. The lowest BCUT2D eigenvalue weighted by molar-refractivity contribution is -0.118. The number of nitrogens with zero attached hydrogens (tertiary/aromatic N) is 2. The Morgan fingerprint density at radius 3 is 2.39 bits per heavy atom. The van der Waals surface area contributed by atoms with Crippen molar-refractivity contribution in [3.8, 4) is 17.3 Å². The van der Waals surface area contributed by atoms with Crippen LogP contribution in [0.1, 0.15) is 31.7 Å². The second kappa shape index (κ2) is 12.5. The molecule has 0 aliphatic heterocycles. The van der Waals surface area contributed by atoms with Gasteiger partial charge in [-0.25, -0.2) is 19.4 Å². The number of carbonyl (C=O) groups is 4. The molecule has 0 bridgehead atoms. The predicted molar refractivity (Wildman–Crippen MR) is 132 cm³/mol. The molecule has 3 rings (SSSR count). The highest BCUT2D eigenvalue weighted by atomic mass is 32.1. The van der Waals surface area contributed by atoms with Gasteiger partial charge in [0.05, 0.1) is 5.69 Å². The molecule has 0 radical (unpaired) electrons. The molecular formula is C23H23N5O9S. The van der Waals surface area contributed by atoms with Crippen LogP contribution in [0.4, 0.5) is 20.1 Å². The molecule has 0 aliphatic rings. The Hall–Kier alpha value is -4.76. The van der Waals surface area contributed by atoms with Gasteiger partial charge in [0.15, 0.2) is 0 Å². The largest absolute Gasteiger partial charge is 0.538 e. The van der Waals surface area contributed by atoms with E-state index >= 15 is 0 Å². The van der Waals surface area contributed by atoms with Crippen molar-refractivity contribution in [1.29, 1.82) is 0 Å². The molecule has 2 aromatic heterocycles. The molecule has 4 N–H and O–H groups in total. The fourth-order valence-electron chi connectivity index (χ4n) is 2.82. The molecule has 38 heavy (non-hydrogen) atoms. The number of alkyl carbamates (subject to hydrolysis) is 1. The van der Waals surface area contributed by atoms with Crippen LogP contribution in [0.5, 0.6) is 6.01 Å². The third kappa shape index (κ3) is 8.72. The van der Waals surface area contributed by atoms with Gasteiger partial charge in [-0.3, -0.25) is 4.79 Å². The Morgan fingerprint density at radius 1 is 1.03 bits per heavy atom. The molecule has 200 valence electrons. The van der Waals surface area contributed by atoms with E-state index in [1.807, 2.05) is 0 Å². The van der Waals surface area contributed by atoms with Crippen LogP contribution in [0.25, 0.3) is 11.3 Å². The zero-order chi connectivity index (χ0) is 27.7. The Morgan fingerprint density at radius 2 is 1.76 bits per heavy atom. The van der Waals surface area contributed by atoms with Crippen LogP contribution in [0.3, 0.4) is 0 Å². The van der Waals surface area contributed by atoms with Gasteiger partial charge in [-0.05, 0) is 50.4 Å². The summed E-state index contributed by atoms with van der Waals surface area (Å²) in [7, 11) is 0. The maximum Gasteiger partial charge on any atom is 0.538 e. The lowest BCUT2D eigenvalue weighted by atomic mass is 10.1.